The van der Waals surface area contributed by atoms with Gasteiger partial charge in [0.1, 0.15) is 10.6 Å². The van der Waals surface area contributed by atoms with Crippen LogP contribution in [0.5, 0.6) is 0 Å². The normalized spacial score (nSPS) is 10.3. The van der Waals surface area contributed by atoms with Crippen LogP contribution in [0, 0.1) is 6.92 Å². The molecule has 19 heavy (non-hydrogen) atoms. The molecule has 0 radical (unpaired) electrons. The van der Waals surface area contributed by atoms with Crippen LogP contribution in [0.2, 0.25) is 0 Å². The molecule has 7 nitrogen and oxygen atoms in total. The van der Waals surface area contributed by atoms with E-state index in [2.05, 4.69) is 9.97 Å². The molecule has 0 saturated carbocycles. The van der Waals surface area contributed by atoms with Gasteiger partial charge in [-0.15, -0.1) is 11.8 Å². The van der Waals surface area contributed by atoms with E-state index < -0.39 is 11.7 Å². The highest BCUT2D eigenvalue weighted by atomic mass is 32.2. The molecule has 1 heterocycles. The Morgan fingerprint density at radius 1 is 1.42 bits per heavy atom. The number of nitrogens with one attached hydrogen (secondary N) is 1. The van der Waals surface area contributed by atoms with Gasteiger partial charge in [0.05, 0.1) is 0 Å². The van der Waals surface area contributed by atoms with Crippen LogP contribution in [-0.4, -0.2) is 51.7 Å². The van der Waals surface area contributed by atoms with E-state index in [-0.39, 0.29) is 28.6 Å². The highest BCUT2D eigenvalue weighted by Crippen LogP contribution is 2.21. The van der Waals surface area contributed by atoms with Crippen molar-refractivity contribution in [2.24, 2.45) is 0 Å². The number of aromatic carboxylic acids is 1. The van der Waals surface area contributed by atoms with Gasteiger partial charge in [-0.05, 0) is 6.92 Å². The lowest BCUT2D eigenvalue weighted by atomic mass is 10.2. The smallest absolute Gasteiger partial charge is 0.346 e. The second-order valence-electron chi connectivity index (χ2n) is 4.04. The molecule has 0 aromatic carbocycles. The number of carboxylic acid groups (broad SMARTS) is 1. The number of amides is 1. The Morgan fingerprint density at radius 3 is 2.58 bits per heavy atom. The fourth-order valence-electron chi connectivity index (χ4n) is 1.37. The van der Waals surface area contributed by atoms with Crippen molar-refractivity contribution in [2.75, 3.05) is 19.8 Å². The number of hydrogen-bond donors (Lipinski definition) is 2. The lowest BCUT2D eigenvalue weighted by Gasteiger charge is -2.10. The molecule has 0 bridgehead atoms. The molecule has 2 N–H and O–H groups in total. The topological polar surface area (TPSA) is 103 Å². The summed E-state index contributed by atoms with van der Waals surface area (Å²) in [5, 5.41) is 9.22. The zero-order valence-corrected chi connectivity index (χ0v) is 11.7. The number of carbonyl (C=O) groups excluding carboxylic acids is 1. The fraction of sp³-hybridized carbons (Fsp3) is 0.455. The van der Waals surface area contributed by atoms with E-state index in [9.17, 15) is 14.4 Å². The van der Waals surface area contributed by atoms with Crippen molar-refractivity contribution >= 4 is 23.6 Å². The molecule has 1 aromatic heterocycles. The molecule has 8 heteroatoms. The molecule has 0 aliphatic rings. The first-order valence-electron chi connectivity index (χ1n) is 5.50. The van der Waals surface area contributed by atoms with Gasteiger partial charge in [0.25, 0.3) is 0 Å². The Kier molecular flexibility index (Phi) is 5.11. The molecular formula is C11H15N3O4S. The summed E-state index contributed by atoms with van der Waals surface area (Å²) in [4.78, 5) is 41.2. The molecule has 0 atom stereocenters. The van der Waals surface area contributed by atoms with E-state index in [4.69, 9.17) is 5.11 Å². The molecule has 1 rings (SSSR count). The Balaban J connectivity index is 2.86. The Morgan fingerprint density at radius 2 is 2.05 bits per heavy atom. The number of aryl methyl sites for hydroxylation is 1. The predicted molar refractivity (Wildman–Crippen MR) is 70.6 cm³/mol. The van der Waals surface area contributed by atoms with Gasteiger partial charge in [-0.25, -0.2) is 9.59 Å². The van der Waals surface area contributed by atoms with Crippen LogP contribution >= 0.6 is 11.8 Å². The summed E-state index contributed by atoms with van der Waals surface area (Å²) in [6.07, 6.45) is 0.254. The predicted octanol–water partition coefficient (Wildman–Crippen LogP) is 0.347. The van der Waals surface area contributed by atoms with E-state index in [0.717, 1.165) is 11.8 Å². The average Bonchev–Trinajstić information content (AvgIpc) is 2.26. The average molecular weight is 285 g/mol. The van der Waals surface area contributed by atoms with Crippen molar-refractivity contribution in [3.63, 3.8) is 0 Å². The number of nitrogens with zero attached hydrogens (tertiary/aromatic N) is 2. The molecule has 0 unspecified atom stereocenters. The zero-order chi connectivity index (χ0) is 14.6. The van der Waals surface area contributed by atoms with E-state index in [1.165, 1.54) is 11.8 Å². The first-order chi connectivity index (χ1) is 8.82. The SMILES string of the molecule is Cc1[nH]c(=O)nc(SCCC(=O)N(C)C)c1C(=O)O. The van der Waals surface area contributed by atoms with E-state index in [1.54, 1.807) is 14.1 Å². The zero-order valence-electron chi connectivity index (χ0n) is 10.9. The Hall–Kier alpha value is -1.83. The summed E-state index contributed by atoms with van der Waals surface area (Å²) in [6, 6.07) is 0. The van der Waals surface area contributed by atoms with Crippen LogP contribution in [0.4, 0.5) is 0 Å². The summed E-state index contributed by atoms with van der Waals surface area (Å²) in [5.41, 5.74) is -0.361. The summed E-state index contributed by atoms with van der Waals surface area (Å²) < 4.78 is 0. The minimum atomic E-state index is -1.15. The van der Waals surface area contributed by atoms with Gasteiger partial charge in [0.2, 0.25) is 5.91 Å². The van der Waals surface area contributed by atoms with Crippen molar-refractivity contribution in [1.29, 1.82) is 0 Å². The molecule has 0 aliphatic heterocycles. The molecular weight excluding hydrogens is 270 g/mol. The van der Waals surface area contributed by atoms with Gasteiger partial charge in [-0.2, -0.15) is 4.98 Å². The number of rotatable bonds is 5. The van der Waals surface area contributed by atoms with Gasteiger partial charge in [-0.3, -0.25) is 4.79 Å². The van der Waals surface area contributed by atoms with Gasteiger partial charge in [-0.1, -0.05) is 0 Å². The number of thioether (sulfide) groups is 1. The maximum atomic E-state index is 11.4. The van der Waals surface area contributed by atoms with E-state index in [0.29, 0.717) is 5.75 Å². The maximum absolute atomic E-state index is 11.4. The minimum Gasteiger partial charge on any atom is -0.478 e. The standard InChI is InChI=1S/C11H15N3O4S/c1-6-8(10(16)17)9(13-11(18)12-6)19-5-4-7(15)14(2)3/h4-5H2,1-3H3,(H,16,17)(H,12,13,18). The minimum absolute atomic E-state index is 0.0260. The van der Waals surface area contributed by atoms with Gasteiger partial charge < -0.3 is 15.0 Å². The monoisotopic (exact) mass is 285 g/mol. The van der Waals surface area contributed by atoms with Crippen LogP contribution in [0.25, 0.3) is 0 Å². The molecule has 0 aliphatic carbocycles. The van der Waals surface area contributed by atoms with Gasteiger partial charge >= 0.3 is 11.7 Å². The van der Waals surface area contributed by atoms with Crippen LogP contribution in [0.3, 0.4) is 0 Å². The summed E-state index contributed by atoms with van der Waals surface area (Å²) >= 11 is 1.09. The second kappa shape index (κ2) is 6.37. The first kappa shape index (κ1) is 15.2. The van der Waals surface area contributed by atoms with Crippen molar-refractivity contribution in [3.8, 4) is 0 Å². The summed E-state index contributed by atoms with van der Waals surface area (Å²) in [7, 11) is 3.29. The fourth-order valence-corrected chi connectivity index (χ4v) is 2.38. The Labute approximate surface area is 114 Å². The van der Waals surface area contributed by atoms with Crippen LogP contribution in [0.15, 0.2) is 9.82 Å². The molecule has 1 aromatic rings. The highest BCUT2D eigenvalue weighted by Gasteiger charge is 2.17. The number of carboxylic acids is 1. The lowest BCUT2D eigenvalue weighted by molar-refractivity contribution is -0.128. The molecule has 0 spiro atoms. The maximum Gasteiger partial charge on any atom is 0.346 e. The van der Waals surface area contributed by atoms with Gasteiger partial charge in [0, 0.05) is 32.0 Å². The lowest BCUT2D eigenvalue weighted by Crippen LogP contribution is -2.22. The van der Waals surface area contributed by atoms with Gasteiger partial charge in [0.15, 0.2) is 0 Å². The van der Waals surface area contributed by atoms with Crippen LogP contribution < -0.4 is 5.69 Å². The Bertz CT molecular complexity index is 553. The van der Waals surface area contributed by atoms with Crippen molar-refractivity contribution < 1.29 is 14.7 Å². The second-order valence-corrected chi connectivity index (χ2v) is 5.12. The molecule has 1 amide bonds. The third kappa shape index (κ3) is 4.09. The van der Waals surface area contributed by atoms with E-state index in [1.807, 2.05) is 0 Å². The number of carbonyl (C=O) groups is 2. The molecule has 0 saturated heterocycles. The summed E-state index contributed by atoms with van der Waals surface area (Å²) in [5.74, 6) is -0.846. The number of aromatic amines is 1. The summed E-state index contributed by atoms with van der Waals surface area (Å²) in [6.45, 7) is 1.50. The van der Waals surface area contributed by atoms with Crippen molar-refractivity contribution in [1.82, 2.24) is 14.9 Å². The number of aromatic nitrogens is 2. The molecule has 0 fully saturated rings. The largest absolute Gasteiger partial charge is 0.478 e. The molecule has 104 valence electrons. The number of hydrogen-bond acceptors (Lipinski definition) is 5. The first-order valence-corrected chi connectivity index (χ1v) is 6.48. The highest BCUT2D eigenvalue weighted by molar-refractivity contribution is 7.99. The third-order valence-corrected chi connectivity index (χ3v) is 3.33. The van der Waals surface area contributed by atoms with Crippen LogP contribution in [-0.2, 0) is 4.79 Å². The third-order valence-electron chi connectivity index (χ3n) is 2.35. The van der Waals surface area contributed by atoms with E-state index >= 15 is 0 Å². The van der Waals surface area contributed by atoms with Crippen molar-refractivity contribution in [3.05, 3.63) is 21.7 Å². The van der Waals surface area contributed by atoms with Crippen molar-refractivity contribution in [2.45, 2.75) is 18.4 Å². The quantitative estimate of drug-likeness (QED) is 0.597. The van der Waals surface area contributed by atoms with Crippen LogP contribution in [0.1, 0.15) is 22.5 Å². The number of H-pyrrole nitrogens is 1.